The summed E-state index contributed by atoms with van der Waals surface area (Å²) in [6.07, 6.45) is 6.22. The molecule has 0 radical (unpaired) electrons. The van der Waals surface area contributed by atoms with Crippen molar-refractivity contribution in [1.82, 2.24) is 15.0 Å². The number of aryl methyl sites for hydroxylation is 2. The van der Waals surface area contributed by atoms with Crippen molar-refractivity contribution in [3.8, 4) is 5.75 Å². The van der Waals surface area contributed by atoms with Gasteiger partial charge in [-0.1, -0.05) is 11.2 Å². The summed E-state index contributed by atoms with van der Waals surface area (Å²) in [5.74, 6) is 1.88. The molecule has 142 valence electrons. The van der Waals surface area contributed by atoms with Crippen molar-refractivity contribution in [2.24, 2.45) is 5.92 Å². The second kappa shape index (κ2) is 6.08. The van der Waals surface area contributed by atoms with Gasteiger partial charge in [0.15, 0.2) is 5.82 Å². The molecule has 1 saturated heterocycles. The van der Waals surface area contributed by atoms with Crippen LogP contribution in [0.5, 0.6) is 5.75 Å². The molecule has 2 aromatic rings. The summed E-state index contributed by atoms with van der Waals surface area (Å²) in [6, 6.07) is 4.32. The lowest BCUT2D eigenvalue weighted by molar-refractivity contribution is -0.137. The van der Waals surface area contributed by atoms with Gasteiger partial charge in [0.1, 0.15) is 5.75 Å². The predicted molar refractivity (Wildman–Crippen MR) is 98.4 cm³/mol. The number of amides is 1. The third kappa shape index (κ3) is 2.57. The van der Waals surface area contributed by atoms with E-state index in [0.29, 0.717) is 12.4 Å². The van der Waals surface area contributed by atoms with E-state index in [1.54, 1.807) is 0 Å². The highest BCUT2D eigenvalue weighted by atomic mass is 16.5. The molecule has 1 spiro atoms. The first-order valence-corrected chi connectivity index (χ1v) is 9.91. The molecule has 0 unspecified atom stereocenters. The zero-order valence-electron chi connectivity index (χ0n) is 15.9. The largest absolute Gasteiger partial charge is 0.493 e. The summed E-state index contributed by atoms with van der Waals surface area (Å²) in [5, 5.41) is 4.01. The average Bonchev–Trinajstić information content (AvgIpc) is 3.13. The highest BCUT2D eigenvalue weighted by molar-refractivity contribution is 5.85. The summed E-state index contributed by atoms with van der Waals surface area (Å²) in [6.45, 7) is 5.71. The van der Waals surface area contributed by atoms with Crippen LogP contribution < -0.4 is 4.74 Å². The Morgan fingerprint density at radius 3 is 2.93 bits per heavy atom. The standard InChI is InChI=1S/C21H25N3O3/c1-13-9-15-18(10-14(13)2)26-8-6-21(15)11-16(21)20(25)24-7-4-3-5-17(24)19-22-12-27-23-19/h9-10,12,16-17H,3-8,11H2,1-2H3/t16-,17+,21-/m0/s1. The fraction of sp³-hybridized carbons (Fsp3) is 0.571. The summed E-state index contributed by atoms with van der Waals surface area (Å²) >= 11 is 0. The molecule has 2 aliphatic heterocycles. The van der Waals surface area contributed by atoms with Crippen molar-refractivity contribution in [1.29, 1.82) is 0 Å². The van der Waals surface area contributed by atoms with Gasteiger partial charge in [-0.3, -0.25) is 4.79 Å². The van der Waals surface area contributed by atoms with Crippen LogP contribution in [0.4, 0.5) is 0 Å². The Morgan fingerprint density at radius 1 is 1.26 bits per heavy atom. The van der Waals surface area contributed by atoms with E-state index in [-0.39, 0.29) is 23.3 Å². The SMILES string of the molecule is Cc1cc2c(cc1C)[C@]1(CCO2)C[C@H]1C(=O)N1CCCC[C@@H]1c1ncon1. The molecule has 3 atom stereocenters. The van der Waals surface area contributed by atoms with Crippen molar-refractivity contribution in [2.75, 3.05) is 13.2 Å². The molecule has 1 aromatic heterocycles. The highest BCUT2D eigenvalue weighted by Crippen LogP contribution is 2.62. The Morgan fingerprint density at radius 2 is 2.11 bits per heavy atom. The number of hydrogen-bond acceptors (Lipinski definition) is 5. The monoisotopic (exact) mass is 367 g/mol. The van der Waals surface area contributed by atoms with E-state index >= 15 is 0 Å². The minimum Gasteiger partial charge on any atom is -0.493 e. The molecule has 1 saturated carbocycles. The number of nitrogens with zero attached hydrogens (tertiary/aromatic N) is 3. The van der Waals surface area contributed by atoms with Gasteiger partial charge in [-0.15, -0.1) is 0 Å². The minimum absolute atomic E-state index is 0.0368. The van der Waals surface area contributed by atoms with E-state index in [0.717, 1.165) is 44.4 Å². The molecule has 3 heterocycles. The maximum Gasteiger partial charge on any atom is 0.227 e. The molecule has 0 N–H and O–H groups in total. The lowest BCUT2D eigenvalue weighted by atomic mass is 9.85. The number of aromatic nitrogens is 2. The Hall–Kier alpha value is -2.37. The summed E-state index contributed by atoms with van der Waals surface area (Å²) in [5.41, 5.74) is 3.67. The van der Waals surface area contributed by atoms with Crippen LogP contribution in [-0.2, 0) is 10.2 Å². The maximum absolute atomic E-state index is 13.5. The Balaban J connectivity index is 1.44. The van der Waals surface area contributed by atoms with E-state index in [2.05, 4.69) is 36.1 Å². The zero-order valence-corrected chi connectivity index (χ0v) is 15.9. The van der Waals surface area contributed by atoms with Crippen LogP contribution in [-0.4, -0.2) is 34.1 Å². The molecule has 1 aliphatic carbocycles. The number of ether oxygens (including phenoxy) is 1. The summed E-state index contributed by atoms with van der Waals surface area (Å²) < 4.78 is 10.9. The first-order valence-electron chi connectivity index (χ1n) is 9.91. The summed E-state index contributed by atoms with van der Waals surface area (Å²) in [7, 11) is 0. The van der Waals surface area contributed by atoms with Gasteiger partial charge in [0.05, 0.1) is 12.6 Å². The predicted octanol–water partition coefficient (Wildman–Crippen LogP) is 3.48. The van der Waals surface area contributed by atoms with Gasteiger partial charge in [0.2, 0.25) is 12.3 Å². The van der Waals surface area contributed by atoms with Crippen LogP contribution in [0.1, 0.15) is 60.7 Å². The molecule has 27 heavy (non-hydrogen) atoms. The van der Waals surface area contributed by atoms with Crippen LogP contribution in [0, 0.1) is 19.8 Å². The van der Waals surface area contributed by atoms with E-state index < -0.39 is 0 Å². The Bertz CT molecular complexity index is 879. The molecule has 0 bridgehead atoms. The number of carbonyl (C=O) groups excluding carboxylic acids is 1. The lowest BCUT2D eigenvalue weighted by Gasteiger charge is -2.35. The van der Waals surface area contributed by atoms with Gasteiger partial charge < -0.3 is 14.2 Å². The number of carbonyl (C=O) groups is 1. The van der Waals surface area contributed by atoms with Crippen LogP contribution in [0.15, 0.2) is 23.0 Å². The molecular formula is C21H25N3O3. The minimum atomic E-state index is -0.0540. The van der Waals surface area contributed by atoms with E-state index in [9.17, 15) is 4.79 Å². The van der Waals surface area contributed by atoms with Gasteiger partial charge in [0.25, 0.3) is 0 Å². The first kappa shape index (κ1) is 16.8. The molecular weight excluding hydrogens is 342 g/mol. The van der Waals surface area contributed by atoms with Crippen molar-refractivity contribution in [2.45, 2.75) is 57.4 Å². The molecule has 1 amide bonds. The molecule has 1 aromatic carbocycles. The smallest absolute Gasteiger partial charge is 0.227 e. The third-order valence-corrected chi connectivity index (χ3v) is 6.77. The van der Waals surface area contributed by atoms with E-state index in [1.165, 1.54) is 23.1 Å². The van der Waals surface area contributed by atoms with E-state index in [1.807, 2.05) is 4.90 Å². The van der Waals surface area contributed by atoms with Crippen molar-refractivity contribution in [3.63, 3.8) is 0 Å². The number of rotatable bonds is 2. The topological polar surface area (TPSA) is 68.5 Å². The molecule has 2 fully saturated rings. The molecule has 6 nitrogen and oxygen atoms in total. The van der Waals surface area contributed by atoms with Gasteiger partial charge in [0, 0.05) is 23.4 Å². The fourth-order valence-electron chi connectivity index (χ4n) is 4.97. The Kier molecular flexibility index (Phi) is 3.78. The van der Waals surface area contributed by atoms with Crippen LogP contribution in [0.3, 0.4) is 0 Å². The van der Waals surface area contributed by atoms with Crippen LogP contribution >= 0.6 is 0 Å². The number of fused-ring (bicyclic) bond motifs is 2. The first-order chi connectivity index (χ1) is 13.1. The van der Waals surface area contributed by atoms with Gasteiger partial charge >= 0.3 is 0 Å². The van der Waals surface area contributed by atoms with E-state index in [4.69, 9.17) is 9.26 Å². The third-order valence-electron chi connectivity index (χ3n) is 6.77. The fourth-order valence-corrected chi connectivity index (χ4v) is 4.97. The quantitative estimate of drug-likeness (QED) is 0.813. The van der Waals surface area contributed by atoms with Crippen molar-refractivity contribution >= 4 is 5.91 Å². The lowest BCUT2D eigenvalue weighted by Crippen LogP contribution is -2.41. The van der Waals surface area contributed by atoms with Crippen molar-refractivity contribution < 1.29 is 14.1 Å². The number of likely N-dealkylation sites (tertiary alicyclic amines) is 1. The van der Waals surface area contributed by atoms with Gasteiger partial charge in [-0.2, -0.15) is 4.98 Å². The van der Waals surface area contributed by atoms with Gasteiger partial charge in [-0.05, 0) is 63.1 Å². The summed E-state index contributed by atoms with van der Waals surface area (Å²) in [4.78, 5) is 19.7. The second-order valence-corrected chi connectivity index (χ2v) is 8.28. The normalized spacial score (nSPS) is 29.3. The average molecular weight is 367 g/mol. The molecule has 5 rings (SSSR count). The number of benzene rings is 1. The number of piperidine rings is 1. The van der Waals surface area contributed by atoms with Gasteiger partial charge in [-0.25, -0.2) is 0 Å². The van der Waals surface area contributed by atoms with Crippen LogP contribution in [0.25, 0.3) is 0 Å². The maximum atomic E-state index is 13.5. The van der Waals surface area contributed by atoms with Crippen molar-refractivity contribution in [3.05, 3.63) is 41.0 Å². The van der Waals surface area contributed by atoms with Crippen LogP contribution in [0.2, 0.25) is 0 Å². The zero-order chi connectivity index (χ0) is 18.6. The molecule has 6 heteroatoms. The highest BCUT2D eigenvalue weighted by Gasteiger charge is 2.62. The molecule has 3 aliphatic rings. The second-order valence-electron chi connectivity index (χ2n) is 8.28. The number of hydrogen-bond donors (Lipinski definition) is 0. The Labute approximate surface area is 158 Å².